The van der Waals surface area contributed by atoms with Crippen molar-refractivity contribution in [2.45, 2.75) is 39.0 Å². The van der Waals surface area contributed by atoms with Gasteiger partial charge in [0.25, 0.3) is 0 Å². The van der Waals surface area contributed by atoms with Crippen LogP contribution >= 0.6 is 0 Å². The van der Waals surface area contributed by atoms with Crippen LogP contribution in [0.3, 0.4) is 0 Å². The van der Waals surface area contributed by atoms with Gasteiger partial charge in [-0.15, -0.1) is 0 Å². The molecule has 0 aliphatic carbocycles. The first kappa shape index (κ1) is 15.5. The molecule has 104 valence electrons. The van der Waals surface area contributed by atoms with E-state index < -0.39 is 0 Å². The van der Waals surface area contributed by atoms with E-state index in [0.29, 0.717) is 17.9 Å². The lowest BCUT2D eigenvalue weighted by Gasteiger charge is -2.08. The Labute approximate surface area is 114 Å². The minimum Gasteiger partial charge on any atom is -0.492 e. The Balaban J connectivity index is 2.48. The molecule has 0 aromatic heterocycles. The van der Waals surface area contributed by atoms with Crippen LogP contribution in [0.2, 0.25) is 0 Å². The van der Waals surface area contributed by atoms with E-state index in [9.17, 15) is 4.39 Å². The van der Waals surface area contributed by atoms with Crippen molar-refractivity contribution in [2.75, 3.05) is 13.2 Å². The molecule has 0 radical (unpaired) electrons. The standard InChI is InChI=1S/C16H21FO2/c1-2-3-4-5-6-12-19-16-10-9-15(17)13-14(16)8-7-11-18/h9-10,13,18H,2-6,11-12H2,1H3. The Bertz CT molecular complexity index is 432. The van der Waals surface area contributed by atoms with Gasteiger partial charge in [-0.1, -0.05) is 44.4 Å². The van der Waals surface area contributed by atoms with Crippen molar-refractivity contribution in [3.8, 4) is 17.6 Å². The van der Waals surface area contributed by atoms with Gasteiger partial charge in [0.1, 0.15) is 18.2 Å². The topological polar surface area (TPSA) is 29.5 Å². The number of hydrogen-bond donors (Lipinski definition) is 1. The molecule has 0 aliphatic rings. The van der Waals surface area contributed by atoms with Gasteiger partial charge in [-0.3, -0.25) is 0 Å². The molecule has 0 saturated carbocycles. The average molecular weight is 264 g/mol. The second-order valence-corrected chi connectivity index (χ2v) is 4.36. The maximum atomic E-state index is 13.1. The monoisotopic (exact) mass is 264 g/mol. The summed E-state index contributed by atoms with van der Waals surface area (Å²) in [5, 5.41) is 8.68. The van der Waals surface area contributed by atoms with E-state index in [1.165, 1.54) is 31.4 Å². The quantitative estimate of drug-likeness (QED) is 0.603. The first-order chi connectivity index (χ1) is 9.27. The lowest BCUT2D eigenvalue weighted by Crippen LogP contribution is -1.99. The van der Waals surface area contributed by atoms with Crippen LogP contribution < -0.4 is 4.74 Å². The van der Waals surface area contributed by atoms with E-state index in [-0.39, 0.29) is 12.4 Å². The molecule has 0 bridgehead atoms. The van der Waals surface area contributed by atoms with Gasteiger partial charge in [0.2, 0.25) is 0 Å². The average Bonchev–Trinajstić information content (AvgIpc) is 2.42. The summed E-state index contributed by atoms with van der Waals surface area (Å²) < 4.78 is 18.7. The zero-order valence-electron chi connectivity index (χ0n) is 11.4. The summed E-state index contributed by atoms with van der Waals surface area (Å²) in [6, 6.07) is 4.27. The number of hydrogen-bond acceptors (Lipinski definition) is 2. The van der Waals surface area contributed by atoms with Crippen LogP contribution in [0.25, 0.3) is 0 Å². The Morgan fingerprint density at radius 1 is 1.21 bits per heavy atom. The molecule has 0 saturated heterocycles. The summed E-state index contributed by atoms with van der Waals surface area (Å²) in [6.45, 7) is 2.55. The molecule has 0 heterocycles. The third kappa shape index (κ3) is 6.26. The number of unbranched alkanes of at least 4 members (excludes halogenated alkanes) is 4. The van der Waals surface area contributed by atoms with Crippen molar-refractivity contribution in [3.63, 3.8) is 0 Å². The molecule has 0 unspecified atom stereocenters. The molecule has 3 heteroatoms. The lowest BCUT2D eigenvalue weighted by molar-refractivity contribution is 0.303. The fourth-order valence-electron chi connectivity index (χ4n) is 1.75. The number of benzene rings is 1. The second kappa shape index (κ2) is 9.41. The van der Waals surface area contributed by atoms with Crippen LogP contribution in [0.4, 0.5) is 4.39 Å². The molecule has 1 aromatic rings. The third-order valence-electron chi connectivity index (χ3n) is 2.75. The van der Waals surface area contributed by atoms with Gasteiger partial charge in [0.15, 0.2) is 0 Å². The highest BCUT2D eigenvalue weighted by Crippen LogP contribution is 2.19. The Morgan fingerprint density at radius 3 is 2.74 bits per heavy atom. The van der Waals surface area contributed by atoms with E-state index in [2.05, 4.69) is 18.8 Å². The highest BCUT2D eigenvalue weighted by atomic mass is 19.1. The van der Waals surface area contributed by atoms with Crippen molar-refractivity contribution < 1.29 is 14.2 Å². The molecule has 19 heavy (non-hydrogen) atoms. The highest BCUT2D eigenvalue weighted by Gasteiger charge is 2.03. The minimum atomic E-state index is -0.350. The predicted octanol–water partition coefficient (Wildman–Crippen LogP) is 3.52. The molecule has 1 N–H and O–H groups in total. The van der Waals surface area contributed by atoms with E-state index in [0.717, 1.165) is 12.8 Å². The van der Waals surface area contributed by atoms with Crippen LogP contribution in [-0.2, 0) is 0 Å². The van der Waals surface area contributed by atoms with Gasteiger partial charge in [0, 0.05) is 0 Å². The lowest BCUT2D eigenvalue weighted by atomic mass is 10.1. The summed E-state index contributed by atoms with van der Waals surface area (Å²) >= 11 is 0. The van der Waals surface area contributed by atoms with Gasteiger partial charge in [-0.05, 0) is 24.6 Å². The maximum Gasteiger partial charge on any atom is 0.135 e. The maximum absolute atomic E-state index is 13.1. The first-order valence-corrected chi connectivity index (χ1v) is 6.80. The zero-order chi connectivity index (χ0) is 13.9. The summed E-state index contributed by atoms with van der Waals surface area (Å²) in [4.78, 5) is 0. The van der Waals surface area contributed by atoms with Crippen LogP contribution in [0.1, 0.15) is 44.6 Å². The molecule has 0 amide bonds. The van der Waals surface area contributed by atoms with E-state index in [1.54, 1.807) is 6.07 Å². The van der Waals surface area contributed by atoms with Crippen LogP contribution in [-0.4, -0.2) is 18.3 Å². The third-order valence-corrected chi connectivity index (χ3v) is 2.75. The predicted molar refractivity (Wildman–Crippen MR) is 74.6 cm³/mol. The van der Waals surface area contributed by atoms with Gasteiger partial charge >= 0.3 is 0 Å². The zero-order valence-corrected chi connectivity index (χ0v) is 11.4. The summed E-state index contributed by atoms with van der Waals surface area (Å²) in [5.74, 6) is 5.44. The summed E-state index contributed by atoms with van der Waals surface area (Å²) in [7, 11) is 0. The fourth-order valence-corrected chi connectivity index (χ4v) is 1.75. The summed E-state index contributed by atoms with van der Waals surface area (Å²) in [5.41, 5.74) is 0.489. The Morgan fingerprint density at radius 2 is 2.00 bits per heavy atom. The van der Waals surface area contributed by atoms with Gasteiger partial charge in [-0.2, -0.15) is 0 Å². The van der Waals surface area contributed by atoms with Gasteiger partial charge in [-0.25, -0.2) is 4.39 Å². The van der Waals surface area contributed by atoms with E-state index >= 15 is 0 Å². The van der Waals surface area contributed by atoms with Crippen molar-refractivity contribution in [1.82, 2.24) is 0 Å². The van der Waals surface area contributed by atoms with Crippen LogP contribution in [0.15, 0.2) is 18.2 Å². The molecule has 0 aliphatic heterocycles. The Hall–Kier alpha value is -1.53. The summed E-state index contributed by atoms with van der Waals surface area (Å²) in [6.07, 6.45) is 5.83. The number of ether oxygens (including phenoxy) is 1. The van der Waals surface area contributed by atoms with Crippen LogP contribution in [0.5, 0.6) is 5.75 Å². The SMILES string of the molecule is CCCCCCCOc1ccc(F)cc1C#CCO. The first-order valence-electron chi connectivity index (χ1n) is 6.80. The number of halogens is 1. The van der Waals surface area contributed by atoms with Crippen molar-refractivity contribution in [3.05, 3.63) is 29.6 Å². The van der Waals surface area contributed by atoms with Crippen molar-refractivity contribution in [1.29, 1.82) is 0 Å². The van der Waals surface area contributed by atoms with Crippen molar-refractivity contribution in [2.24, 2.45) is 0 Å². The van der Waals surface area contributed by atoms with Crippen molar-refractivity contribution >= 4 is 0 Å². The molecule has 2 nitrogen and oxygen atoms in total. The molecular formula is C16H21FO2. The minimum absolute atomic E-state index is 0.243. The molecule has 0 fully saturated rings. The van der Waals surface area contributed by atoms with Gasteiger partial charge < -0.3 is 9.84 Å². The number of aliphatic hydroxyl groups is 1. The Kier molecular flexibility index (Phi) is 7.69. The van der Waals surface area contributed by atoms with E-state index in [1.807, 2.05) is 0 Å². The molecular weight excluding hydrogens is 243 g/mol. The normalized spacial score (nSPS) is 9.84. The smallest absolute Gasteiger partial charge is 0.135 e. The highest BCUT2D eigenvalue weighted by molar-refractivity contribution is 5.46. The number of aliphatic hydroxyl groups excluding tert-OH is 1. The van der Waals surface area contributed by atoms with E-state index in [4.69, 9.17) is 9.84 Å². The van der Waals surface area contributed by atoms with Crippen LogP contribution in [0, 0.1) is 17.7 Å². The second-order valence-electron chi connectivity index (χ2n) is 4.36. The fraction of sp³-hybridized carbons (Fsp3) is 0.500. The largest absolute Gasteiger partial charge is 0.492 e. The van der Waals surface area contributed by atoms with Gasteiger partial charge in [0.05, 0.1) is 12.2 Å². The number of rotatable bonds is 7. The molecule has 1 rings (SSSR count). The molecule has 0 spiro atoms. The molecule has 1 aromatic carbocycles. The molecule has 0 atom stereocenters.